The summed E-state index contributed by atoms with van der Waals surface area (Å²) in [6.45, 7) is 2.04. The molecule has 2 aromatic carbocycles. The van der Waals surface area contributed by atoms with Gasteiger partial charge in [-0.15, -0.1) is 0 Å². The summed E-state index contributed by atoms with van der Waals surface area (Å²) in [6, 6.07) is 12.4. The van der Waals surface area contributed by atoms with Crippen LogP contribution in [0.1, 0.15) is 6.92 Å². The molecule has 0 aliphatic rings. The number of nitro groups is 1. The molecule has 0 atom stereocenters. The fourth-order valence-corrected chi connectivity index (χ4v) is 3.18. The molecule has 23 heavy (non-hydrogen) atoms. The molecule has 0 bridgehead atoms. The van der Waals surface area contributed by atoms with Gasteiger partial charge >= 0.3 is 0 Å². The van der Waals surface area contributed by atoms with Crippen LogP contribution in [-0.2, 0) is 0 Å². The first-order chi connectivity index (χ1) is 11.2. The minimum atomic E-state index is -0.409. The Labute approximate surface area is 137 Å². The second-order valence-electron chi connectivity index (χ2n) is 4.76. The Kier molecular flexibility index (Phi) is 4.20. The molecule has 0 saturated carbocycles. The second kappa shape index (κ2) is 6.29. The maximum Gasteiger partial charge on any atom is 0.271 e. The zero-order chi connectivity index (χ0) is 16.4. The molecule has 0 aliphatic heterocycles. The highest BCUT2D eigenvalue weighted by Gasteiger charge is 2.17. The smallest absolute Gasteiger partial charge is 0.271 e. The zero-order valence-corrected chi connectivity index (χ0v) is 13.5. The van der Waals surface area contributed by atoms with Gasteiger partial charge in [-0.25, -0.2) is 4.98 Å². The number of aromatic nitrogens is 2. The van der Waals surface area contributed by atoms with Gasteiger partial charge in [0.2, 0.25) is 0 Å². The quantitative estimate of drug-likeness (QED) is 0.401. The molecule has 0 N–H and O–H groups in total. The SMILES string of the molecule is CCSc1nc2cc([N+](=O)[O-])ccc2n1-c1ccccc1OC. The minimum absolute atomic E-state index is 0.0372. The van der Waals surface area contributed by atoms with Crippen molar-refractivity contribution < 1.29 is 9.66 Å². The number of nitro benzene ring substituents is 1. The van der Waals surface area contributed by atoms with Crippen molar-refractivity contribution >= 4 is 28.5 Å². The molecule has 0 fully saturated rings. The summed E-state index contributed by atoms with van der Waals surface area (Å²) in [7, 11) is 1.62. The van der Waals surface area contributed by atoms with Gasteiger partial charge in [-0.2, -0.15) is 0 Å². The number of rotatable bonds is 5. The molecular weight excluding hydrogens is 314 g/mol. The number of ether oxygens (including phenoxy) is 1. The number of hydrogen-bond donors (Lipinski definition) is 0. The van der Waals surface area contributed by atoms with Crippen LogP contribution in [0, 0.1) is 10.1 Å². The topological polar surface area (TPSA) is 70.2 Å². The Bertz CT molecular complexity index is 876. The van der Waals surface area contributed by atoms with E-state index in [0.29, 0.717) is 5.52 Å². The van der Waals surface area contributed by atoms with E-state index in [2.05, 4.69) is 4.98 Å². The van der Waals surface area contributed by atoms with Gasteiger partial charge in [-0.05, 0) is 24.0 Å². The lowest BCUT2D eigenvalue weighted by Crippen LogP contribution is -1.99. The Morgan fingerprint density at radius 2 is 2.09 bits per heavy atom. The average Bonchev–Trinajstić information content (AvgIpc) is 2.92. The normalized spacial score (nSPS) is 10.9. The third kappa shape index (κ3) is 2.75. The van der Waals surface area contributed by atoms with Crippen molar-refractivity contribution in [3.05, 3.63) is 52.6 Å². The Balaban J connectivity index is 2.29. The van der Waals surface area contributed by atoms with E-state index >= 15 is 0 Å². The molecule has 6 nitrogen and oxygen atoms in total. The monoisotopic (exact) mass is 329 g/mol. The van der Waals surface area contributed by atoms with E-state index in [9.17, 15) is 10.1 Å². The minimum Gasteiger partial charge on any atom is -0.495 e. The summed E-state index contributed by atoms with van der Waals surface area (Å²) in [5.74, 6) is 1.57. The van der Waals surface area contributed by atoms with Crippen molar-refractivity contribution in [2.24, 2.45) is 0 Å². The van der Waals surface area contributed by atoms with E-state index in [4.69, 9.17) is 4.74 Å². The summed E-state index contributed by atoms with van der Waals surface area (Å²) >= 11 is 1.58. The number of hydrogen-bond acceptors (Lipinski definition) is 5. The lowest BCUT2D eigenvalue weighted by atomic mass is 10.2. The van der Waals surface area contributed by atoms with Gasteiger partial charge in [-0.1, -0.05) is 30.8 Å². The number of fused-ring (bicyclic) bond motifs is 1. The molecule has 0 spiro atoms. The van der Waals surface area contributed by atoms with Crippen molar-refractivity contribution in [2.75, 3.05) is 12.9 Å². The number of thioether (sulfide) groups is 1. The van der Waals surface area contributed by atoms with Gasteiger partial charge in [0.25, 0.3) is 5.69 Å². The molecule has 0 radical (unpaired) electrons. The first-order valence-corrected chi connectivity index (χ1v) is 8.07. The van der Waals surface area contributed by atoms with Gasteiger partial charge in [0, 0.05) is 12.1 Å². The number of benzene rings is 2. The predicted molar refractivity (Wildman–Crippen MR) is 90.7 cm³/mol. The molecule has 3 aromatic rings. The van der Waals surface area contributed by atoms with E-state index < -0.39 is 4.92 Å². The van der Waals surface area contributed by atoms with E-state index in [0.717, 1.165) is 27.9 Å². The van der Waals surface area contributed by atoms with E-state index in [1.807, 2.05) is 35.8 Å². The van der Waals surface area contributed by atoms with Crippen LogP contribution < -0.4 is 4.74 Å². The molecule has 1 heterocycles. The summed E-state index contributed by atoms with van der Waals surface area (Å²) in [5, 5.41) is 11.8. The van der Waals surface area contributed by atoms with Crippen molar-refractivity contribution in [3.8, 4) is 11.4 Å². The number of nitrogens with zero attached hydrogens (tertiary/aromatic N) is 3. The molecule has 0 amide bonds. The van der Waals surface area contributed by atoms with Crippen LogP contribution in [0.2, 0.25) is 0 Å². The number of para-hydroxylation sites is 2. The van der Waals surface area contributed by atoms with Crippen LogP contribution in [-0.4, -0.2) is 27.3 Å². The summed E-state index contributed by atoms with van der Waals surface area (Å²) in [4.78, 5) is 15.1. The standard InChI is InChI=1S/C16H15N3O3S/c1-3-23-16-17-12-10-11(19(20)21)8-9-13(12)18(16)14-6-4-5-7-15(14)22-2/h4-10H,3H2,1-2H3. The highest BCUT2D eigenvalue weighted by molar-refractivity contribution is 7.99. The van der Waals surface area contributed by atoms with Crippen molar-refractivity contribution in [1.82, 2.24) is 9.55 Å². The Hall–Kier alpha value is -2.54. The number of methoxy groups -OCH3 is 1. The lowest BCUT2D eigenvalue weighted by molar-refractivity contribution is -0.384. The summed E-state index contributed by atoms with van der Waals surface area (Å²) < 4.78 is 7.43. The van der Waals surface area contributed by atoms with Gasteiger partial charge in [0.15, 0.2) is 5.16 Å². The second-order valence-corrected chi connectivity index (χ2v) is 6.00. The average molecular weight is 329 g/mol. The number of imidazole rings is 1. The molecule has 0 unspecified atom stereocenters. The van der Waals surface area contributed by atoms with Crippen molar-refractivity contribution in [2.45, 2.75) is 12.1 Å². The number of non-ortho nitro benzene ring substituents is 1. The summed E-state index contributed by atoms with van der Waals surface area (Å²) in [5.41, 5.74) is 2.31. The van der Waals surface area contributed by atoms with E-state index in [1.165, 1.54) is 12.1 Å². The third-order valence-corrected chi connectivity index (χ3v) is 4.24. The molecule has 118 valence electrons. The fourth-order valence-electron chi connectivity index (χ4n) is 2.43. The van der Waals surface area contributed by atoms with Gasteiger partial charge in [0.1, 0.15) is 5.75 Å². The first kappa shape index (κ1) is 15.4. The predicted octanol–water partition coefficient (Wildman–Crippen LogP) is 4.05. The van der Waals surface area contributed by atoms with Crippen LogP contribution in [0.4, 0.5) is 5.69 Å². The lowest BCUT2D eigenvalue weighted by Gasteiger charge is -2.12. The first-order valence-electron chi connectivity index (χ1n) is 7.08. The van der Waals surface area contributed by atoms with Gasteiger partial charge in [-0.3, -0.25) is 14.7 Å². The van der Waals surface area contributed by atoms with Crippen LogP contribution in [0.25, 0.3) is 16.7 Å². The molecule has 0 aliphatic carbocycles. The molecule has 0 saturated heterocycles. The van der Waals surface area contributed by atoms with Crippen LogP contribution in [0.15, 0.2) is 47.6 Å². The Morgan fingerprint density at radius 3 is 2.78 bits per heavy atom. The Morgan fingerprint density at radius 1 is 1.30 bits per heavy atom. The maximum absolute atomic E-state index is 11.0. The molecular formula is C16H15N3O3S. The fraction of sp³-hybridized carbons (Fsp3) is 0.188. The van der Waals surface area contributed by atoms with Gasteiger partial charge in [0.05, 0.1) is 28.8 Å². The molecule has 7 heteroatoms. The van der Waals surface area contributed by atoms with Crippen molar-refractivity contribution in [1.29, 1.82) is 0 Å². The zero-order valence-electron chi connectivity index (χ0n) is 12.7. The molecule has 3 rings (SSSR count). The third-order valence-electron chi connectivity index (χ3n) is 3.42. The van der Waals surface area contributed by atoms with Crippen LogP contribution >= 0.6 is 11.8 Å². The highest BCUT2D eigenvalue weighted by atomic mass is 32.2. The van der Waals surface area contributed by atoms with E-state index in [-0.39, 0.29) is 5.69 Å². The van der Waals surface area contributed by atoms with Gasteiger partial charge < -0.3 is 4.74 Å². The largest absolute Gasteiger partial charge is 0.495 e. The molecule has 1 aromatic heterocycles. The van der Waals surface area contributed by atoms with Crippen LogP contribution in [0.3, 0.4) is 0 Å². The summed E-state index contributed by atoms with van der Waals surface area (Å²) in [6.07, 6.45) is 0. The highest BCUT2D eigenvalue weighted by Crippen LogP contribution is 2.33. The van der Waals surface area contributed by atoms with E-state index in [1.54, 1.807) is 24.9 Å². The van der Waals surface area contributed by atoms with Crippen molar-refractivity contribution in [3.63, 3.8) is 0 Å². The van der Waals surface area contributed by atoms with Crippen LogP contribution in [0.5, 0.6) is 5.75 Å². The maximum atomic E-state index is 11.0.